The highest BCUT2D eigenvalue weighted by Crippen LogP contribution is 2.53. The molecule has 2 unspecified atom stereocenters. The summed E-state index contributed by atoms with van der Waals surface area (Å²) in [6, 6.07) is 17.4. The maximum absolute atomic E-state index is 13.0. The third kappa shape index (κ3) is 4.70. The second-order valence-corrected chi connectivity index (χ2v) is 11.2. The van der Waals surface area contributed by atoms with Crippen LogP contribution in [0.1, 0.15) is 109 Å². The van der Waals surface area contributed by atoms with E-state index in [1.807, 2.05) is 30.3 Å². The molecule has 1 aliphatic carbocycles. The predicted molar refractivity (Wildman–Crippen MR) is 147 cm³/mol. The van der Waals surface area contributed by atoms with Gasteiger partial charge >= 0.3 is 0 Å². The number of rotatable bonds is 8. The van der Waals surface area contributed by atoms with Crippen molar-refractivity contribution in [1.82, 2.24) is 15.2 Å². The Balaban J connectivity index is 1.02. The van der Waals surface area contributed by atoms with E-state index < -0.39 is 0 Å². The van der Waals surface area contributed by atoms with Crippen LogP contribution in [-0.2, 0) is 0 Å². The van der Waals surface area contributed by atoms with Crippen LogP contribution >= 0.6 is 0 Å². The Bertz CT molecular complexity index is 1310. The van der Waals surface area contributed by atoms with Crippen LogP contribution in [0.2, 0.25) is 0 Å². The van der Waals surface area contributed by atoms with E-state index in [2.05, 4.69) is 40.3 Å². The average molecular weight is 496 g/mol. The van der Waals surface area contributed by atoms with E-state index in [9.17, 15) is 9.59 Å². The lowest BCUT2D eigenvalue weighted by molar-refractivity contribution is 0.0919. The highest BCUT2D eigenvalue weighted by atomic mass is 16.1. The van der Waals surface area contributed by atoms with Crippen molar-refractivity contribution in [1.29, 1.82) is 0 Å². The summed E-state index contributed by atoms with van der Waals surface area (Å²) in [4.78, 5) is 32.6. The molecule has 192 valence electrons. The number of aromatic nitrogens is 1. The van der Waals surface area contributed by atoms with E-state index in [-0.39, 0.29) is 17.7 Å². The molecule has 5 nitrogen and oxygen atoms in total. The molecule has 1 saturated carbocycles. The number of carbonyl (C=O) groups is 2. The summed E-state index contributed by atoms with van der Waals surface area (Å²) in [5.74, 6) is 1.02. The van der Waals surface area contributed by atoms with Crippen LogP contribution in [-0.4, -0.2) is 34.2 Å². The van der Waals surface area contributed by atoms with Crippen LogP contribution in [0.3, 0.4) is 0 Å². The molecular formula is C32H37N3O2. The standard InChI is InChI=1S/C32H37N3O2/c1-2-5-31(36)22-11-14-25-27(20-22)30-16-15-29(25)35(30)19-17-21-9-12-23(13-10-21)34-32(37)26-6-3-8-28-24(26)7-4-18-33-28/h3-4,6-8,11,14,18,20-21,23,29-30H,2,5,9-10,12-13,15-17,19H2,1H3,(H,34,37). The van der Waals surface area contributed by atoms with Gasteiger partial charge in [0.2, 0.25) is 0 Å². The largest absolute Gasteiger partial charge is 0.349 e. The van der Waals surface area contributed by atoms with Crippen molar-refractivity contribution >= 4 is 22.6 Å². The second-order valence-electron chi connectivity index (χ2n) is 11.2. The van der Waals surface area contributed by atoms with Gasteiger partial charge in [0.05, 0.1) is 5.52 Å². The number of pyridine rings is 1. The number of Topliss-reactive ketones (excluding diaryl/α,β-unsaturated/α-hetero) is 1. The van der Waals surface area contributed by atoms with E-state index in [0.717, 1.165) is 53.8 Å². The smallest absolute Gasteiger partial charge is 0.252 e. The number of hydrogen-bond donors (Lipinski definition) is 1. The summed E-state index contributed by atoms with van der Waals surface area (Å²) < 4.78 is 0. The molecule has 1 aromatic heterocycles. The van der Waals surface area contributed by atoms with Gasteiger partial charge in [-0.1, -0.05) is 31.2 Å². The third-order valence-electron chi connectivity index (χ3n) is 8.99. The summed E-state index contributed by atoms with van der Waals surface area (Å²) in [5.41, 5.74) is 5.35. The number of fused-ring (bicyclic) bond motifs is 6. The molecule has 0 radical (unpaired) electrons. The van der Waals surface area contributed by atoms with Crippen molar-refractivity contribution in [2.75, 3.05) is 6.54 Å². The van der Waals surface area contributed by atoms with Gasteiger partial charge in [0.1, 0.15) is 0 Å². The number of carbonyl (C=O) groups excluding carboxylic acids is 2. The first-order valence-corrected chi connectivity index (χ1v) is 14.2. The first-order valence-electron chi connectivity index (χ1n) is 14.2. The molecule has 0 spiro atoms. The van der Waals surface area contributed by atoms with E-state index in [4.69, 9.17) is 0 Å². The maximum atomic E-state index is 13.0. The second kappa shape index (κ2) is 10.4. The Morgan fingerprint density at radius 2 is 1.76 bits per heavy atom. The van der Waals surface area contributed by atoms with E-state index in [1.54, 1.807) is 6.20 Å². The Labute approximate surface area is 219 Å². The number of ketones is 1. The Kier molecular flexibility index (Phi) is 6.81. The number of nitrogens with one attached hydrogen (secondary N) is 1. The quantitative estimate of drug-likeness (QED) is 0.350. The van der Waals surface area contributed by atoms with Gasteiger partial charge in [-0.25, -0.2) is 0 Å². The molecule has 2 aromatic carbocycles. The van der Waals surface area contributed by atoms with Gasteiger partial charge in [-0.3, -0.25) is 19.5 Å². The minimum absolute atomic E-state index is 0.0187. The van der Waals surface area contributed by atoms with E-state index in [1.165, 1.54) is 43.2 Å². The first-order chi connectivity index (χ1) is 18.1. The number of hydrogen-bond acceptors (Lipinski definition) is 4. The van der Waals surface area contributed by atoms with Crippen LogP contribution in [0.5, 0.6) is 0 Å². The first kappa shape index (κ1) is 24.3. The molecule has 3 aliphatic rings. The molecule has 1 saturated heterocycles. The van der Waals surface area contributed by atoms with Crippen molar-refractivity contribution in [3.8, 4) is 0 Å². The topological polar surface area (TPSA) is 62.3 Å². The SMILES string of the molecule is CCCC(=O)c1ccc2c(c1)C1CCC2N1CCC1CCC(NC(=O)c2cccc3ncccc23)CC1. The predicted octanol–water partition coefficient (Wildman–Crippen LogP) is 6.79. The van der Waals surface area contributed by atoms with Crippen LogP contribution in [0, 0.1) is 5.92 Å². The van der Waals surface area contributed by atoms with Gasteiger partial charge in [-0.05, 0) is 99.2 Å². The minimum atomic E-state index is 0.0187. The van der Waals surface area contributed by atoms with E-state index >= 15 is 0 Å². The number of nitrogens with zero attached hydrogens (tertiary/aromatic N) is 2. The Morgan fingerprint density at radius 1 is 0.946 bits per heavy atom. The molecule has 37 heavy (non-hydrogen) atoms. The van der Waals surface area contributed by atoms with Crippen LogP contribution in [0.4, 0.5) is 0 Å². The fourth-order valence-corrected chi connectivity index (χ4v) is 7.05. The molecule has 2 fully saturated rings. The number of benzene rings is 2. The summed E-state index contributed by atoms with van der Waals surface area (Å²) in [5, 5.41) is 4.22. The average Bonchev–Trinajstić information content (AvgIpc) is 3.48. The molecule has 6 rings (SSSR count). The summed E-state index contributed by atoms with van der Waals surface area (Å²) >= 11 is 0. The summed E-state index contributed by atoms with van der Waals surface area (Å²) in [7, 11) is 0. The third-order valence-corrected chi connectivity index (χ3v) is 8.99. The normalized spacial score (nSPS) is 24.8. The lowest BCUT2D eigenvalue weighted by Gasteiger charge is -2.31. The van der Waals surface area contributed by atoms with Gasteiger partial charge in [-0.2, -0.15) is 0 Å². The lowest BCUT2D eigenvalue weighted by Crippen LogP contribution is -2.38. The molecular weight excluding hydrogens is 458 g/mol. The zero-order chi connectivity index (χ0) is 25.4. The van der Waals surface area contributed by atoms with E-state index in [0.29, 0.717) is 18.5 Å². The zero-order valence-corrected chi connectivity index (χ0v) is 21.8. The lowest BCUT2D eigenvalue weighted by atomic mass is 9.84. The Morgan fingerprint density at radius 3 is 2.57 bits per heavy atom. The van der Waals surface area contributed by atoms with Gasteiger partial charge in [0, 0.05) is 47.3 Å². The summed E-state index contributed by atoms with van der Waals surface area (Å²) in [6.07, 6.45) is 11.4. The highest BCUT2D eigenvalue weighted by molar-refractivity contribution is 6.06. The molecule has 5 heteroatoms. The molecule has 2 aliphatic heterocycles. The van der Waals surface area contributed by atoms with Crippen molar-refractivity contribution in [2.45, 2.75) is 82.8 Å². The molecule has 1 amide bonds. The zero-order valence-electron chi connectivity index (χ0n) is 21.8. The van der Waals surface area contributed by atoms with Crippen LogP contribution in [0.25, 0.3) is 10.9 Å². The Hall–Kier alpha value is -3.05. The van der Waals surface area contributed by atoms with Crippen molar-refractivity contribution in [3.63, 3.8) is 0 Å². The fourth-order valence-electron chi connectivity index (χ4n) is 7.05. The number of amides is 1. The van der Waals surface area contributed by atoms with Crippen molar-refractivity contribution in [3.05, 3.63) is 77.0 Å². The van der Waals surface area contributed by atoms with Crippen molar-refractivity contribution < 1.29 is 9.59 Å². The van der Waals surface area contributed by atoms with Crippen LogP contribution in [0.15, 0.2) is 54.7 Å². The van der Waals surface area contributed by atoms with Gasteiger partial charge in [-0.15, -0.1) is 0 Å². The van der Waals surface area contributed by atoms with Gasteiger partial charge in [0.15, 0.2) is 5.78 Å². The fraction of sp³-hybridized carbons (Fsp3) is 0.469. The molecule has 3 heterocycles. The van der Waals surface area contributed by atoms with Crippen molar-refractivity contribution in [2.24, 2.45) is 5.92 Å². The monoisotopic (exact) mass is 495 g/mol. The molecule has 2 atom stereocenters. The highest BCUT2D eigenvalue weighted by Gasteiger charge is 2.43. The minimum Gasteiger partial charge on any atom is -0.349 e. The molecule has 2 bridgehead atoms. The molecule has 1 N–H and O–H groups in total. The maximum Gasteiger partial charge on any atom is 0.252 e. The summed E-state index contributed by atoms with van der Waals surface area (Å²) in [6.45, 7) is 3.20. The van der Waals surface area contributed by atoms with Gasteiger partial charge in [0.25, 0.3) is 5.91 Å². The molecule has 3 aromatic rings. The van der Waals surface area contributed by atoms with Crippen LogP contribution < -0.4 is 5.32 Å². The van der Waals surface area contributed by atoms with Gasteiger partial charge < -0.3 is 5.32 Å².